The average Bonchev–Trinajstić information content (AvgIpc) is 2.81. The van der Waals surface area contributed by atoms with Gasteiger partial charge in [0.05, 0.1) is 5.41 Å². The molecule has 4 nitrogen and oxygen atoms in total. The van der Waals surface area contributed by atoms with Crippen LogP contribution in [-0.4, -0.2) is 30.4 Å². The van der Waals surface area contributed by atoms with E-state index < -0.39 is 11.4 Å². The number of para-hydroxylation sites is 1. The van der Waals surface area contributed by atoms with E-state index in [2.05, 4.69) is 0 Å². The highest BCUT2D eigenvalue weighted by Gasteiger charge is 2.43. The van der Waals surface area contributed by atoms with E-state index in [0.717, 1.165) is 12.2 Å². The standard InChI is InChI=1S/C15H18O4/c16-14(17)15(5-7-18-8-6-15)10-12-9-11-3-1-2-4-13(11)19-12/h1-4,12H,5-10H2,(H,16,17). The minimum absolute atomic E-state index is 0.0217. The molecule has 0 aromatic heterocycles. The largest absolute Gasteiger partial charge is 0.490 e. The zero-order chi connectivity index (χ0) is 13.3. The quantitative estimate of drug-likeness (QED) is 0.907. The maximum atomic E-state index is 11.6. The first-order valence-corrected chi connectivity index (χ1v) is 6.75. The zero-order valence-corrected chi connectivity index (χ0v) is 10.8. The van der Waals surface area contributed by atoms with Crippen LogP contribution in [0.15, 0.2) is 24.3 Å². The number of fused-ring (bicyclic) bond motifs is 1. The lowest BCUT2D eigenvalue weighted by molar-refractivity contribution is -0.157. The van der Waals surface area contributed by atoms with Gasteiger partial charge in [0.1, 0.15) is 11.9 Å². The van der Waals surface area contributed by atoms with Gasteiger partial charge in [0.25, 0.3) is 0 Å². The van der Waals surface area contributed by atoms with Crippen LogP contribution in [0.2, 0.25) is 0 Å². The number of carboxylic acid groups (broad SMARTS) is 1. The Hall–Kier alpha value is -1.55. The molecule has 102 valence electrons. The maximum absolute atomic E-state index is 11.6. The first-order valence-electron chi connectivity index (χ1n) is 6.75. The van der Waals surface area contributed by atoms with E-state index in [1.165, 1.54) is 5.56 Å². The SMILES string of the molecule is O=C(O)C1(CC2Cc3ccccc3O2)CCOCC1. The summed E-state index contributed by atoms with van der Waals surface area (Å²) in [6.45, 7) is 1.07. The van der Waals surface area contributed by atoms with Crippen molar-refractivity contribution >= 4 is 5.97 Å². The van der Waals surface area contributed by atoms with Crippen LogP contribution in [-0.2, 0) is 16.0 Å². The molecule has 4 heteroatoms. The van der Waals surface area contributed by atoms with Gasteiger partial charge in [-0.1, -0.05) is 18.2 Å². The van der Waals surface area contributed by atoms with Gasteiger partial charge in [-0.05, 0) is 24.5 Å². The van der Waals surface area contributed by atoms with Gasteiger partial charge in [0.2, 0.25) is 0 Å². The van der Waals surface area contributed by atoms with Crippen molar-refractivity contribution in [3.63, 3.8) is 0 Å². The molecule has 1 N–H and O–H groups in total. The molecule has 2 heterocycles. The smallest absolute Gasteiger partial charge is 0.309 e. The summed E-state index contributed by atoms with van der Waals surface area (Å²) >= 11 is 0. The number of hydrogen-bond acceptors (Lipinski definition) is 3. The predicted molar refractivity (Wildman–Crippen MR) is 69.3 cm³/mol. The predicted octanol–water partition coefficient (Wildman–Crippen LogP) is 2.26. The summed E-state index contributed by atoms with van der Waals surface area (Å²) in [4.78, 5) is 11.6. The van der Waals surface area contributed by atoms with Crippen molar-refractivity contribution in [3.05, 3.63) is 29.8 Å². The van der Waals surface area contributed by atoms with E-state index in [4.69, 9.17) is 9.47 Å². The van der Waals surface area contributed by atoms with Gasteiger partial charge in [-0.15, -0.1) is 0 Å². The van der Waals surface area contributed by atoms with E-state index in [1.807, 2.05) is 24.3 Å². The highest BCUT2D eigenvalue weighted by atomic mass is 16.5. The van der Waals surface area contributed by atoms with Crippen molar-refractivity contribution in [1.82, 2.24) is 0 Å². The molecule has 19 heavy (non-hydrogen) atoms. The Morgan fingerprint density at radius 2 is 2.05 bits per heavy atom. The van der Waals surface area contributed by atoms with Gasteiger partial charge in [-0.3, -0.25) is 4.79 Å². The van der Waals surface area contributed by atoms with Crippen molar-refractivity contribution in [3.8, 4) is 5.75 Å². The Balaban J connectivity index is 1.73. The second-order valence-corrected chi connectivity index (χ2v) is 5.45. The number of carbonyl (C=O) groups is 1. The van der Waals surface area contributed by atoms with Gasteiger partial charge >= 0.3 is 5.97 Å². The Morgan fingerprint density at radius 1 is 1.32 bits per heavy atom. The lowest BCUT2D eigenvalue weighted by atomic mass is 9.75. The molecule has 1 atom stereocenters. The summed E-state index contributed by atoms with van der Waals surface area (Å²) in [5, 5.41) is 9.55. The van der Waals surface area contributed by atoms with Gasteiger partial charge in [-0.25, -0.2) is 0 Å². The maximum Gasteiger partial charge on any atom is 0.309 e. The first kappa shape index (κ1) is 12.5. The third-order valence-electron chi connectivity index (χ3n) is 4.24. The van der Waals surface area contributed by atoms with E-state index >= 15 is 0 Å². The molecule has 0 bridgehead atoms. The molecule has 0 spiro atoms. The van der Waals surface area contributed by atoms with Crippen molar-refractivity contribution in [1.29, 1.82) is 0 Å². The number of ether oxygens (including phenoxy) is 2. The summed E-state index contributed by atoms with van der Waals surface area (Å²) in [5.41, 5.74) is 0.505. The monoisotopic (exact) mass is 262 g/mol. The summed E-state index contributed by atoms with van der Waals surface area (Å²) in [7, 11) is 0. The molecular formula is C15H18O4. The first-order chi connectivity index (χ1) is 9.20. The summed E-state index contributed by atoms with van der Waals surface area (Å²) < 4.78 is 11.2. The minimum Gasteiger partial charge on any atom is -0.490 e. The lowest BCUT2D eigenvalue weighted by Crippen LogP contribution is -2.41. The Labute approximate surface area is 112 Å². The minimum atomic E-state index is -0.713. The van der Waals surface area contributed by atoms with Crippen LogP contribution in [0.3, 0.4) is 0 Å². The van der Waals surface area contributed by atoms with Gasteiger partial charge < -0.3 is 14.6 Å². The fraction of sp³-hybridized carbons (Fsp3) is 0.533. The third kappa shape index (κ3) is 2.32. The van der Waals surface area contributed by atoms with Crippen LogP contribution < -0.4 is 4.74 Å². The fourth-order valence-electron chi connectivity index (χ4n) is 3.07. The molecule has 1 aromatic rings. The molecule has 2 aliphatic rings. The van der Waals surface area contributed by atoms with Crippen LogP contribution in [0.25, 0.3) is 0 Å². The highest BCUT2D eigenvalue weighted by Crippen LogP contribution is 2.40. The molecule has 1 saturated heterocycles. The Bertz CT molecular complexity index is 452. The summed E-state index contributed by atoms with van der Waals surface area (Å²) in [6, 6.07) is 7.94. The van der Waals surface area contributed by atoms with E-state index in [1.54, 1.807) is 0 Å². The van der Waals surface area contributed by atoms with Crippen LogP contribution in [0.1, 0.15) is 24.8 Å². The van der Waals surface area contributed by atoms with Crippen LogP contribution in [0.5, 0.6) is 5.75 Å². The lowest BCUT2D eigenvalue weighted by Gasteiger charge is -2.34. The number of rotatable bonds is 3. The topological polar surface area (TPSA) is 55.8 Å². The van der Waals surface area contributed by atoms with Crippen LogP contribution in [0, 0.1) is 5.41 Å². The van der Waals surface area contributed by atoms with Gasteiger partial charge in [0, 0.05) is 26.1 Å². The molecule has 1 fully saturated rings. The molecule has 1 aromatic carbocycles. The summed E-state index contributed by atoms with van der Waals surface area (Å²) in [6.07, 6.45) is 2.52. The molecule has 0 amide bonds. The Morgan fingerprint density at radius 3 is 2.74 bits per heavy atom. The van der Waals surface area contributed by atoms with Crippen molar-refractivity contribution in [2.24, 2.45) is 5.41 Å². The second kappa shape index (κ2) is 4.85. The van der Waals surface area contributed by atoms with E-state index in [-0.39, 0.29) is 6.10 Å². The van der Waals surface area contributed by atoms with Crippen LogP contribution >= 0.6 is 0 Å². The Kier molecular flexibility index (Phi) is 3.19. The van der Waals surface area contributed by atoms with E-state index in [0.29, 0.717) is 32.5 Å². The van der Waals surface area contributed by atoms with Crippen molar-refractivity contribution < 1.29 is 19.4 Å². The second-order valence-electron chi connectivity index (χ2n) is 5.45. The third-order valence-corrected chi connectivity index (χ3v) is 4.24. The summed E-state index contributed by atoms with van der Waals surface area (Å²) in [5.74, 6) is 0.190. The number of aliphatic carboxylic acids is 1. The van der Waals surface area contributed by atoms with Gasteiger partial charge in [-0.2, -0.15) is 0 Å². The van der Waals surface area contributed by atoms with Gasteiger partial charge in [0.15, 0.2) is 0 Å². The number of benzene rings is 1. The molecule has 3 rings (SSSR count). The fourth-order valence-corrected chi connectivity index (χ4v) is 3.07. The molecule has 0 saturated carbocycles. The van der Waals surface area contributed by atoms with E-state index in [9.17, 15) is 9.90 Å². The van der Waals surface area contributed by atoms with Crippen molar-refractivity contribution in [2.45, 2.75) is 31.8 Å². The zero-order valence-electron chi connectivity index (χ0n) is 10.8. The molecule has 0 aliphatic carbocycles. The molecule has 0 radical (unpaired) electrons. The molecule has 2 aliphatic heterocycles. The van der Waals surface area contributed by atoms with Crippen molar-refractivity contribution in [2.75, 3.05) is 13.2 Å². The number of hydrogen-bond donors (Lipinski definition) is 1. The molecule has 1 unspecified atom stereocenters. The molecular weight excluding hydrogens is 244 g/mol. The number of carboxylic acids is 1. The average molecular weight is 262 g/mol. The highest BCUT2D eigenvalue weighted by molar-refractivity contribution is 5.74. The van der Waals surface area contributed by atoms with Crippen LogP contribution in [0.4, 0.5) is 0 Å². The normalized spacial score (nSPS) is 24.5.